The fourth-order valence-corrected chi connectivity index (χ4v) is 3.19. The number of likely N-dealkylation sites (tertiary alicyclic amines) is 1. The smallest absolute Gasteiger partial charge is 0.410 e. The molecular formula is C23H29N3O6. The first-order valence-electron chi connectivity index (χ1n) is 10.5. The molecule has 172 valence electrons. The summed E-state index contributed by atoms with van der Waals surface area (Å²) >= 11 is 0. The molecule has 1 aromatic carbocycles. The average Bonchev–Trinajstić information content (AvgIpc) is 3.25. The standard InChI is InChI=1S/C23H29N3O6/c1-23(2,3)31-22(28)26-13-11-17(12-14-26)21-24-19(32-25-21)15-30-18-8-5-16(6-9-18)7-10-20(27)29-4/h5-10,17H,11-15H2,1-4H3. The number of ether oxygens (including phenoxy) is 3. The molecule has 1 amide bonds. The highest BCUT2D eigenvalue weighted by Crippen LogP contribution is 2.27. The lowest BCUT2D eigenvalue weighted by atomic mass is 9.96. The summed E-state index contributed by atoms with van der Waals surface area (Å²) in [6, 6.07) is 7.24. The molecule has 32 heavy (non-hydrogen) atoms. The van der Waals surface area contributed by atoms with Crippen LogP contribution in [-0.4, -0.2) is 52.9 Å². The summed E-state index contributed by atoms with van der Waals surface area (Å²) in [6.45, 7) is 6.92. The van der Waals surface area contributed by atoms with Gasteiger partial charge in [0.2, 0.25) is 0 Å². The fourth-order valence-electron chi connectivity index (χ4n) is 3.19. The van der Waals surface area contributed by atoms with Crippen LogP contribution >= 0.6 is 0 Å². The number of piperidine rings is 1. The number of benzene rings is 1. The van der Waals surface area contributed by atoms with Gasteiger partial charge in [-0.3, -0.25) is 0 Å². The van der Waals surface area contributed by atoms with Gasteiger partial charge in [-0.25, -0.2) is 9.59 Å². The zero-order chi connectivity index (χ0) is 23.1. The van der Waals surface area contributed by atoms with Crippen LogP contribution < -0.4 is 4.74 Å². The number of carbonyl (C=O) groups is 2. The van der Waals surface area contributed by atoms with Crippen LogP contribution in [0.1, 0.15) is 56.8 Å². The minimum atomic E-state index is -0.503. The van der Waals surface area contributed by atoms with E-state index < -0.39 is 11.6 Å². The number of carbonyl (C=O) groups excluding carboxylic acids is 2. The van der Waals surface area contributed by atoms with Crippen molar-refractivity contribution in [2.24, 2.45) is 0 Å². The van der Waals surface area contributed by atoms with Gasteiger partial charge in [0.05, 0.1) is 7.11 Å². The van der Waals surface area contributed by atoms with E-state index in [2.05, 4.69) is 14.9 Å². The third-order valence-electron chi connectivity index (χ3n) is 4.85. The van der Waals surface area contributed by atoms with Crippen LogP contribution in [0.15, 0.2) is 34.9 Å². The largest absolute Gasteiger partial charge is 0.484 e. The molecule has 2 aromatic rings. The van der Waals surface area contributed by atoms with E-state index in [1.165, 1.54) is 13.2 Å². The highest BCUT2D eigenvalue weighted by Gasteiger charge is 2.29. The summed E-state index contributed by atoms with van der Waals surface area (Å²) in [6.07, 6.45) is 4.23. The van der Waals surface area contributed by atoms with E-state index in [9.17, 15) is 9.59 Å². The summed E-state index contributed by atoms with van der Waals surface area (Å²) in [4.78, 5) is 29.5. The van der Waals surface area contributed by atoms with E-state index in [0.29, 0.717) is 30.6 Å². The monoisotopic (exact) mass is 443 g/mol. The Morgan fingerprint density at radius 3 is 2.50 bits per heavy atom. The maximum Gasteiger partial charge on any atom is 0.410 e. The fraction of sp³-hybridized carbons (Fsp3) is 0.478. The van der Waals surface area contributed by atoms with Gasteiger partial charge < -0.3 is 23.6 Å². The van der Waals surface area contributed by atoms with Gasteiger partial charge >= 0.3 is 12.1 Å². The molecule has 9 heteroatoms. The van der Waals surface area contributed by atoms with E-state index in [-0.39, 0.29) is 18.6 Å². The second-order valence-corrected chi connectivity index (χ2v) is 8.50. The maximum absolute atomic E-state index is 12.2. The molecule has 3 rings (SSSR count). The van der Waals surface area contributed by atoms with Crippen LogP contribution in [0.2, 0.25) is 0 Å². The number of nitrogens with zero attached hydrogens (tertiary/aromatic N) is 3. The van der Waals surface area contributed by atoms with Gasteiger partial charge in [0, 0.05) is 25.1 Å². The van der Waals surface area contributed by atoms with E-state index >= 15 is 0 Å². The quantitative estimate of drug-likeness (QED) is 0.488. The first-order chi connectivity index (χ1) is 15.2. The van der Waals surface area contributed by atoms with Crippen LogP contribution in [-0.2, 0) is 20.9 Å². The van der Waals surface area contributed by atoms with Crippen molar-refractivity contribution in [3.63, 3.8) is 0 Å². The lowest BCUT2D eigenvalue weighted by Crippen LogP contribution is -2.41. The molecule has 1 saturated heterocycles. The third-order valence-corrected chi connectivity index (χ3v) is 4.85. The molecular weight excluding hydrogens is 414 g/mol. The Bertz CT molecular complexity index is 937. The highest BCUT2D eigenvalue weighted by atomic mass is 16.6. The summed E-state index contributed by atoms with van der Waals surface area (Å²) in [5, 5.41) is 4.09. The second kappa shape index (κ2) is 10.3. The van der Waals surface area contributed by atoms with Crippen LogP contribution in [0.5, 0.6) is 5.75 Å². The lowest BCUT2D eigenvalue weighted by Gasteiger charge is -2.32. The van der Waals surface area contributed by atoms with E-state index in [4.69, 9.17) is 14.0 Å². The Morgan fingerprint density at radius 2 is 1.88 bits per heavy atom. The van der Waals surface area contributed by atoms with Gasteiger partial charge in [-0.05, 0) is 57.4 Å². The molecule has 0 saturated carbocycles. The molecule has 1 aliphatic rings. The SMILES string of the molecule is COC(=O)C=Cc1ccc(OCc2nc(C3CCN(C(=O)OC(C)(C)C)CC3)no2)cc1. The van der Waals surface area contributed by atoms with Crippen LogP contribution in [0.3, 0.4) is 0 Å². The number of aromatic nitrogens is 2. The van der Waals surface area contributed by atoms with Gasteiger partial charge in [0.15, 0.2) is 12.4 Å². The molecule has 0 atom stereocenters. The van der Waals surface area contributed by atoms with Crippen molar-refractivity contribution in [1.82, 2.24) is 15.0 Å². The first kappa shape index (κ1) is 23.3. The Hall–Kier alpha value is -3.36. The topological polar surface area (TPSA) is 104 Å². The van der Waals surface area contributed by atoms with Gasteiger partial charge in [0.25, 0.3) is 5.89 Å². The molecule has 0 N–H and O–H groups in total. The molecule has 1 aliphatic heterocycles. The normalized spacial score (nSPS) is 15.1. The zero-order valence-corrected chi connectivity index (χ0v) is 18.9. The first-order valence-corrected chi connectivity index (χ1v) is 10.5. The predicted molar refractivity (Wildman–Crippen MR) is 116 cm³/mol. The van der Waals surface area contributed by atoms with E-state index in [1.54, 1.807) is 23.1 Å². The number of hydrogen-bond donors (Lipinski definition) is 0. The molecule has 0 bridgehead atoms. The van der Waals surface area contributed by atoms with Crippen molar-refractivity contribution in [1.29, 1.82) is 0 Å². The van der Waals surface area contributed by atoms with Crippen molar-refractivity contribution in [3.8, 4) is 5.75 Å². The minimum Gasteiger partial charge on any atom is -0.484 e. The lowest BCUT2D eigenvalue weighted by molar-refractivity contribution is -0.134. The molecule has 0 spiro atoms. The predicted octanol–water partition coefficient (Wildman–Crippen LogP) is 3.95. The Morgan fingerprint density at radius 1 is 1.19 bits per heavy atom. The molecule has 2 heterocycles. The highest BCUT2D eigenvalue weighted by molar-refractivity contribution is 5.86. The number of hydrogen-bond acceptors (Lipinski definition) is 8. The van der Waals surface area contributed by atoms with Crippen molar-refractivity contribution in [2.45, 2.75) is 51.7 Å². The van der Waals surface area contributed by atoms with Crippen LogP contribution in [0.4, 0.5) is 4.79 Å². The molecule has 1 fully saturated rings. The Labute approximate surface area is 187 Å². The van der Waals surface area contributed by atoms with Crippen LogP contribution in [0.25, 0.3) is 6.08 Å². The van der Waals surface area contributed by atoms with Crippen molar-refractivity contribution < 1.29 is 28.3 Å². The van der Waals surface area contributed by atoms with Crippen LogP contribution in [0, 0.1) is 0 Å². The minimum absolute atomic E-state index is 0.132. The van der Waals surface area contributed by atoms with Gasteiger partial charge in [-0.2, -0.15) is 4.98 Å². The summed E-state index contributed by atoms with van der Waals surface area (Å²) in [5.74, 6) is 1.39. The Kier molecular flexibility index (Phi) is 7.50. The zero-order valence-electron chi connectivity index (χ0n) is 18.9. The number of esters is 1. The van der Waals surface area contributed by atoms with Crippen molar-refractivity contribution in [2.75, 3.05) is 20.2 Å². The molecule has 1 aromatic heterocycles. The molecule has 9 nitrogen and oxygen atoms in total. The Balaban J connectivity index is 1.47. The average molecular weight is 444 g/mol. The number of methoxy groups -OCH3 is 1. The van der Waals surface area contributed by atoms with E-state index in [0.717, 1.165) is 18.4 Å². The summed E-state index contributed by atoms with van der Waals surface area (Å²) in [7, 11) is 1.33. The number of amides is 1. The van der Waals surface area contributed by atoms with Gasteiger partial charge in [-0.15, -0.1) is 0 Å². The van der Waals surface area contributed by atoms with Crippen molar-refractivity contribution >= 4 is 18.1 Å². The van der Waals surface area contributed by atoms with Gasteiger partial charge in [0.1, 0.15) is 11.4 Å². The number of rotatable bonds is 6. The third kappa shape index (κ3) is 6.83. The van der Waals surface area contributed by atoms with E-state index in [1.807, 2.05) is 32.9 Å². The molecule has 0 aliphatic carbocycles. The molecule has 0 unspecified atom stereocenters. The van der Waals surface area contributed by atoms with Crippen molar-refractivity contribution in [3.05, 3.63) is 47.6 Å². The molecule has 0 radical (unpaired) electrons. The maximum atomic E-state index is 12.2. The van der Waals surface area contributed by atoms with Gasteiger partial charge in [-0.1, -0.05) is 17.3 Å². The summed E-state index contributed by atoms with van der Waals surface area (Å²) in [5.41, 5.74) is 0.344. The second-order valence-electron chi connectivity index (χ2n) is 8.50. The summed E-state index contributed by atoms with van der Waals surface area (Å²) < 4.78 is 21.0.